The zero-order chi connectivity index (χ0) is 28.7. The summed E-state index contributed by atoms with van der Waals surface area (Å²) in [5, 5.41) is 25.1. The Balaban J connectivity index is 1.53. The van der Waals surface area contributed by atoms with Crippen molar-refractivity contribution < 1.29 is 19.0 Å². The van der Waals surface area contributed by atoms with E-state index >= 15 is 0 Å². The van der Waals surface area contributed by atoms with Gasteiger partial charge >= 0.3 is 0 Å². The van der Waals surface area contributed by atoms with Crippen LogP contribution < -0.4 is 20.3 Å². The quantitative estimate of drug-likeness (QED) is 0.173. The molecule has 1 saturated heterocycles. The first-order chi connectivity index (χ1) is 19.2. The van der Waals surface area contributed by atoms with Crippen LogP contribution in [0.1, 0.15) is 41.4 Å². The fraction of sp³-hybridized carbons (Fsp3) is 0.429. The fourth-order valence-corrected chi connectivity index (χ4v) is 7.00. The Hall–Kier alpha value is -2.61. The molecular weight excluding hydrogens is 596 g/mol. The molecule has 2 heterocycles. The van der Waals surface area contributed by atoms with E-state index in [0.717, 1.165) is 28.6 Å². The summed E-state index contributed by atoms with van der Waals surface area (Å²) >= 11 is 3.49. The molecule has 0 bridgehead atoms. The molecule has 40 heavy (non-hydrogen) atoms. The molecule has 2 atom stereocenters. The number of carbonyl (C=O) groups is 1. The summed E-state index contributed by atoms with van der Waals surface area (Å²) in [5.74, 6) is -0.0325. The lowest BCUT2D eigenvalue weighted by Gasteiger charge is -2.47. The molecule has 0 unspecified atom stereocenters. The van der Waals surface area contributed by atoms with Crippen LogP contribution in [0.4, 0.5) is 11.4 Å². The van der Waals surface area contributed by atoms with Gasteiger partial charge in [-0.15, -0.1) is 10.8 Å². The van der Waals surface area contributed by atoms with E-state index in [0.29, 0.717) is 48.7 Å². The van der Waals surface area contributed by atoms with E-state index in [1.165, 1.54) is 0 Å². The van der Waals surface area contributed by atoms with E-state index in [-0.39, 0.29) is 12.5 Å². The Labute approximate surface area is 245 Å². The van der Waals surface area contributed by atoms with Crippen LogP contribution in [0.25, 0.3) is 0 Å². The van der Waals surface area contributed by atoms with Crippen LogP contribution in [0.5, 0.6) is 0 Å². The minimum Gasteiger partial charge on any atom is -0.390 e. The number of nitrogens with one attached hydrogen (secondary N) is 3. The Bertz CT molecular complexity index is 1270. The van der Waals surface area contributed by atoms with Gasteiger partial charge in [0.25, 0.3) is 5.91 Å². The van der Waals surface area contributed by atoms with Crippen molar-refractivity contribution in [3.8, 4) is 0 Å². The van der Waals surface area contributed by atoms with Gasteiger partial charge in [0, 0.05) is 50.7 Å². The minimum atomic E-state index is -2.95. The number of benzene rings is 2. The summed E-state index contributed by atoms with van der Waals surface area (Å²) in [6.45, 7) is 3.82. The molecule has 1 fully saturated rings. The second kappa shape index (κ2) is 13.8. The van der Waals surface area contributed by atoms with Gasteiger partial charge < -0.3 is 21.1 Å². The minimum absolute atomic E-state index is 0.248. The third-order valence-electron chi connectivity index (χ3n) is 6.81. The third kappa shape index (κ3) is 7.99. The first-order valence-electron chi connectivity index (χ1n) is 13.5. The van der Waals surface area contributed by atoms with Gasteiger partial charge in [-0.1, -0.05) is 30.3 Å². The number of hydrogen-bond donors (Lipinski definition) is 6. The van der Waals surface area contributed by atoms with E-state index in [1.807, 2.05) is 56.6 Å². The molecular formula is C28H39BrN6O4S. The number of amides is 1. The first-order valence-corrected chi connectivity index (χ1v) is 16.0. The maximum Gasteiger partial charge on any atom is 0.251 e. The molecule has 0 saturated carbocycles. The fourth-order valence-electron chi connectivity index (χ4n) is 4.81. The van der Waals surface area contributed by atoms with Crippen LogP contribution in [0.3, 0.4) is 0 Å². The van der Waals surface area contributed by atoms with Crippen molar-refractivity contribution in [1.29, 1.82) is 0 Å². The van der Waals surface area contributed by atoms with E-state index in [2.05, 4.69) is 37.0 Å². The molecule has 4 rings (SSSR count). The van der Waals surface area contributed by atoms with E-state index in [1.54, 1.807) is 21.1 Å². The Kier molecular flexibility index (Phi) is 10.5. The summed E-state index contributed by atoms with van der Waals surface area (Å²) in [6, 6.07) is 14.4. The highest BCUT2D eigenvalue weighted by Gasteiger charge is 2.28. The molecule has 0 spiro atoms. The average molecular weight is 636 g/mol. The molecule has 12 heteroatoms. The smallest absolute Gasteiger partial charge is 0.251 e. The standard InChI is InChI=1S/C28H39BrN6O4S/c1-3-31-22-14-21(15-23(16-22)35-11-7-8-12-40(35,38)39)28(37)32-25(13-20-9-5-4-6-10-20)27(36)18-30-17-26-24(29)19-34(2)33-26/h4-6,9-10,14-16,19,25,27,30-31,36,38-39H,3,7-8,11-13,17-18H2,1-2H3,(H,32,37)/t25-,27-/m0/s1. The zero-order valence-electron chi connectivity index (χ0n) is 22.9. The van der Waals surface area contributed by atoms with Crippen LogP contribution in [0.15, 0.2) is 59.2 Å². The lowest BCUT2D eigenvalue weighted by molar-refractivity contribution is 0.0829. The topological polar surface area (TPSA) is 135 Å². The van der Waals surface area contributed by atoms with Gasteiger partial charge in [-0.25, -0.2) is 0 Å². The normalized spacial score (nSPS) is 17.2. The van der Waals surface area contributed by atoms with Crippen LogP contribution in [-0.2, 0) is 20.0 Å². The van der Waals surface area contributed by atoms with Gasteiger partial charge in [-0.3, -0.25) is 22.9 Å². The van der Waals surface area contributed by atoms with Crippen molar-refractivity contribution in [3.05, 3.63) is 76.0 Å². The second-order valence-corrected chi connectivity index (χ2v) is 13.0. The summed E-state index contributed by atoms with van der Waals surface area (Å²) in [5.41, 5.74) is 3.50. The predicted octanol–water partition coefficient (Wildman–Crippen LogP) is 4.37. The summed E-state index contributed by atoms with van der Waals surface area (Å²) in [7, 11) is -1.10. The highest BCUT2D eigenvalue weighted by Crippen LogP contribution is 2.50. The molecule has 1 aliphatic rings. The van der Waals surface area contributed by atoms with Gasteiger partial charge in [-0.05, 0) is 65.9 Å². The molecule has 1 aromatic heterocycles. The van der Waals surface area contributed by atoms with Crippen molar-refractivity contribution in [3.63, 3.8) is 0 Å². The molecule has 1 amide bonds. The molecule has 10 nitrogen and oxygen atoms in total. The first kappa shape index (κ1) is 30.4. The lowest BCUT2D eigenvalue weighted by atomic mass is 10.00. The number of aryl methyl sites for hydroxylation is 1. The lowest BCUT2D eigenvalue weighted by Crippen LogP contribution is -2.48. The summed E-state index contributed by atoms with van der Waals surface area (Å²) in [6.07, 6.45) is 3.02. The number of carbonyl (C=O) groups excluding carboxylic acids is 1. The van der Waals surface area contributed by atoms with Crippen molar-refractivity contribution >= 4 is 44.0 Å². The van der Waals surface area contributed by atoms with Crippen molar-refractivity contribution in [2.75, 3.05) is 35.0 Å². The third-order valence-corrected chi connectivity index (χ3v) is 9.41. The van der Waals surface area contributed by atoms with E-state index in [4.69, 9.17) is 0 Å². The van der Waals surface area contributed by atoms with Gasteiger partial charge in [0.05, 0.1) is 33.8 Å². The number of anilines is 2. The maximum atomic E-state index is 13.6. The van der Waals surface area contributed by atoms with Crippen molar-refractivity contribution in [1.82, 2.24) is 20.4 Å². The van der Waals surface area contributed by atoms with Crippen molar-refractivity contribution in [2.24, 2.45) is 7.05 Å². The molecule has 1 aliphatic heterocycles. The van der Waals surface area contributed by atoms with Crippen LogP contribution in [0.2, 0.25) is 0 Å². The molecule has 2 aromatic carbocycles. The van der Waals surface area contributed by atoms with Gasteiger partial charge in [0.15, 0.2) is 0 Å². The molecule has 0 aliphatic carbocycles. The largest absolute Gasteiger partial charge is 0.390 e. The predicted molar refractivity (Wildman–Crippen MR) is 165 cm³/mol. The SMILES string of the molecule is CCNc1cc(C(=O)N[C@@H](Cc2ccccc2)[C@@H](O)CNCc2nn(C)cc2Br)cc(N2CCCCS2(O)O)c1. The number of aliphatic hydroxyl groups is 1. The second-order valence-electron chi connectivity index (χ2n) is 10.0. The summed E-state index contributed by atoms with van der Waals surface area (Å²) in [4.78, 5) is 13.6. The number of nitrogens with zero attached hydrogens (tertiary/aromatic N) is 3. The van der Waals surface area contributed by atoms with Crippen LogP contribution in [0, 0.1) is 0 Å². The van der Waals surface area contributed by atoms with E-state index in [9.17, 15) is 19.0 Å². The number of aliphatic hydroxyl groups excluding tert-OH is 1. The highest BCUT2D eigenvalue weighted by atomic mass is 79.9. The van der Waals surface area contributed by atoms with Crippen molar-refractivity contribution in [2.45, 2.75) is 44.9 Å². The number of rotatable bonds is 12. The Morgan fingerprint density at radius 2 is 1.95 bits per heavy atom. The molecule has 0 radical (unpaired) electrons. The van der Waals surface area contributed by atoms with E-state index < -0.39 is 22.9 Å². The molecule has 6 N–H and O–H groups in total. The highest BCUT2D eigenvalue weighted by molar-refractivity contribution is 9.10. The summed E-state index contributed by atoms with van der Waals surface area (Å²) < 4.78 is 25.6. The number of hydrogen-bond acceptors (Lipinski definition) is 8. The zero-order valence-corrected chi connectivity index (χ0v) is 25.3. The number of aromatic nitrogens is 2. The molecule has 3 aromatic rings. The van der Waals surface area contributed by atoms with Crippen LogP contribution >= 0.6 is 26.7 Å². The van der Waals surface area contributed by atoms with Gasteiger partial charge in [0.1, 0.15) is 0 Å². The Morgan fingerprint density at radius 1 is 1.18 bits per heavy atom. The monoisotopic (exact) mass is 634 g/mol. The Morgan fingerprint density at radius 3 is 2.62 bits per heavy atom. The molecule has 218 valence electrons. The van der Waals surface area contributed by atoms with Crippen LogP contribution in [-0.4, -0.2) is 67.4 Å². The van der Waals surface area contributed by atoms with Gasteiger partial charge in [-0.2, -0.15) is 5.10 Å². The number of halogens is 1. The average Bonchev–Trinajstić information content (AvgIpc) is 3.24. The maximum absolute atomic E-state index is 13.6. The van der Waals surface area contributed by atoms with Gasteiger partial charge in [0.2, 0.25) is 0 Å².